The molecule has 0 spiro atoms. The van der Waals surface area contributed by atoms with Gasteiger partial charge in [-0.1, -0.05) is 19.3 Å². The Hall–Kier alpha value is -1.05. The molecule has 0 bridgehead atoms. The largest absolute Gasteiger partial charge is 0.618 e. The third-order valence-electron chi connectivity index (χ3n) is 3.18. The van der Waals surface area contributed by atoms with Crippen LogP contribution in [0.15, 0.2) is 18.2 Å². The van der Waals surface area contributed by atoms with Crippen molar-refractivity contribution in [1.29, 1.82) is 0 Å². The molecule has 0 saturated heterocycles. The Labute approximate surface area is 85.2 Å². The van der Waals surface area contributed by atoms with Gasteiger partial charge in [-0.25, -0.2) is 0 Å². The van der Waals surface area contributed by atoms with Gasteiger partial charge in [0.05, 0.1) is 0 Å². The SMILES string of the molecule is Cc1cccc(C2CCCCC2)[n+]1[O-]. The molecule has 14 heavy (non-hydrogen) atoms. The second-order valence-electron chi connectivity index (χ2n) is 4.22. The second-order valence-corrected chi connectivity index (χ2v) is 4.22. The van der Waals surface area contributed by atoms with Crippen molar-refractivity contribution in [2.24, 2.45) is 0 Å². The molecule has 1 saturated carbocycles. The Kier molecular flexibility index (Phi) is 2.71. The molecule has 1 aromatic heterocycles. The van der Waals surface area contributed by atoms with Crippen LogP contribution in [0.25, 0.3) is 0 Å². The zero-order valence-corrected chi connectivity index (χ0v) is 8.70. The van der Waals surface area contributed by atoms with Crippen LogP contribution in [-0.4, -0.2) is 0 Å². The van der Waals surface area contributed by atoms with E-state index in [4.69, 9.17) is 0 Å². The first-order chi connectivity index (χ1) is 6.79. The molecule has 2 rings (SSSR count). The van der Waals surface area contributed by atoms with Gasteiger partial charge in [-0.2, -0.15) is 4.73 Å². The Bertz CT molecular complexity index is 316. The van der Waals surface area contributed by atoms with Crippen molar-refractivity contribution in [3.05, 3.63) is 34.8 Å². The summed E-state index contributed by atoms with van der Waals surface area (Å²) in [6.45, 7) is 1.87. The standard InChI is InChI=1S/C12H17NO/c1-10-6-5-9-12(13(10)14)11-7-3-2-4-8-11/h5-6,9,11H,2-4,7-8H2,1H3. The molecule has 1 aromatic rings. The lowest BCUT2D eigenvalue weighted by Gasteiger charge is -2.20. The summed E-state index contributed by atoms with van der Waals surface area (Å²) in [5.41, 5.74) is 1.79. The maximum atomic E-state index is 11.8. The van der Waals surface area contributed by atoms with Gasteiger partial charge in [-0.3, -0.25) is 0 Å². The van der Waals surface area contributed by atoms with Gasteiger partial charge < -0.3 is 5.21 Å². The predicted molar refractivity (Wildman–Crippen MR) is 56.0 cm³/mol. The number of aromatic nitrogens is 1. The molecule has 0 radical (unpaired) electrons. The zero-order chi connectivity index (χ0) is 9.97. The monoisotopic (exact) mass is 191 g/mol. The molecule has 1 aliphatic rings. The first-order valence-electron chi connectivity index (χ1n) is 5.48. The molecule has 2 heteroatoms. The van der Waals surface area contributed by atoms with Crippen LogP contribution < -0.4 is 4.73 Å². The van der Waals surface area contributed by atoms with Gasteiger partial charge in [-0.15, -0.1) is 0 Å². The molecule has 0 atom stereocenters. The molecule has 1 aliphatic carbocycles. The molecular weight excluding hydrogens is 174 g/mol. The fourth-order valence-electron chi connectivity index (χ4n) is 2.33. The van der Waals surface area contributed by atoms with Crippen LogP contribution in [0.3, 0.4) is 0 Å². The molecular formula is C12H17NO. The predicted octanol–water partition coefficient (Wildman–Crippen LogP) is 2.68. The van der Waals surface area contributed by atoms with Crippen LogP contribution in [0.1, 0.15) is 49.4 Å². The van der Waals surface area contributed by atoms with E-state index in [1.165, 1.54) is 32.1 Å². The molecule has 0 amide bonds. The van der Waals surface area contributed by atoms with E-state index >= 15 is 0 Å². The van der Waals surface area contributed by atoms with Crippen molar-refractivity contribution in [1.82, 2.24) is 0 Å². The summed E-state index contributed by atoms with van der Waals surface area (Å²) in [7, 11) is 0. The number of aryl methyl sites for hydroxylation is 1. The van der Waals surface area contributed by atoms with Crippen molar-refractivity contribution in [3.8, 4) is 0 Å². The Morgan fingerprint density at radius 3 is 2.64 bits per heavy atom. The fraction of sp³-hybridized carbons (Fsp3) is 0.583. The van der Waals surface area contributed by atoms with Crippen molar-refractivity contribution in [2.75, 3.05) is 0 Å². The lowest BCUT2D eigenvalue weighted by molar-refractivity contribution is -0.622. The Morgan fingerprint density at radius 2 is 1.93 bits per heavy atom. The normalized spacial score (nSPS) is 18.4. The summed E-state index contributed by atoms with van der Waals surface area (Å²) in [5, 5.41) is 11.8. The van der Waals surface area contributed by atoms with Gasteiger partial charge in [0.25, 0.3) is 0 Å². The Balaban J connectivity index is 2.26. The highest BCUT2D eigenvalue weighted by Crippen LogP contribution is 2.30. The third-order valence-corrected chi connectivity index (χ3v) is 3.18. The van der Waals surface area contributed by atoms with E-state index in [0.717, 1.165) is 16.1 Å². The minimum Gasteiger partial charge on any atom is -0.618 e. The topological polar surface area (TPSA) is 26.9 Å². The van der Waals surface area contributed by atoms with Crippen LogP contribution in [-0.2, 0) is 0 Å². The van der Waals surface area contributed by atoms with Crippen LogP contribution in [0.4, 0.5) is 0 Å². The number of hydrogen-bond donors (Lipinski definition) is 0. The first-order valence-corrected chi connectivity index (χ1v) is 5.48. The quantitative estimate of drug-likeness (QED) is 0.495. The summed E-state index contributed by atoms with van der Waals surface area (Å²) in [6.07, 6.45) is 6.26. The first kappa shape index (κ1) is 9.50. The van der Waals surface area contributed by atoms with E-state index in [0.29, 0.717) is 5.92 Å². The van der Waals surface area contributed by atoms with Crippen molar-refractivity contribution >= 4 is 0 Å². The molecule has 0 unspecified atom stereocenters. The summed E-state index contributed by atoms with van der Waals surface area (Å²) >= 11 is 0. The lowest BCUT2D eigenvalue weighted by Crippen LogP contribution is -2.36. The Morgan fingerprint density at radius 1 is 1.21 bits per heavy atom. The van der Waals surface area contributed by atoms with Gasteiger partial charge in [0.2, 0.25) is 0 Å². The van der Waals surface area contributed by atoms with Crippen LogP contribution >= 0.6 is 0 Å². The molecule has 0 N–H and O–H groups in total. The van der Waals surface area contributed by atoms with Gasteiger partial charge in [0.1, 0.15) is 0 Å². The van der Waals surface area contributed by atoms with Crippen molar-refractivity contribution in [2.45, 2.75) is 44.9 Å². The zero-order valence-electron chi connectivity index (χ0n) is 8.70. The number of rotatable bonds is 1. The van der Waals surface area contributed by atoms with Gasteiger partial charge in [-0.05, 0) is 18.9 Å². The molecule has 76 valence electrons. The number of nitrogens with zero attached hydrogens (tertiary/aromatic N) is 1. The minimum absolute atomic E-state index is 0.501. The number of hydrogen-bond acceptors (Lipinski definition) is 1. The van der Waals surface area contributed by atoms with Crippen molar-refractivity contribution in [3.63, 3.8) is 0 Å². The van der Waals surface area contributed by atoms with Crippen molar-refractivity contribution < 1.29 is 4.73 Å². The van der Waals surface area contributed by atoms with E-state index in [1.807, 2.05) is 25.1 Å². The third kappa shape index (κ3) is 1.74. The summed E-state index contributed by atoms with van der Waals surface area (Å²) < 4.78 is 1.11. The van der Waals surface area contributed by atoms with E-state index in [2.05, 4.69) is 0 Å². The second kappa shape index (κ2) is 3.99. The molecule has 0 aromatic carbocycles. The van der Waals surface area contributed by atoms with Crippen LogP contribution in [0, 0.1) is 12.1 Å². The van der Waals surface area contributed by atoms with Gasteiger partial charge in [0, 0.05) is 25.0 Å². The average Bonchev–Trinajstić information content (AvgIpc) is 2.23. The highest BCUT2D eigenvalue weighted by molar-refractivity contribution is 5.08. The highest BCUT2D eigenvalue weighted by Gasteiger charge is 2.22. The van der Waals surface area contributed by atoms with Crippen LogP contribution in [0.5, 0.6) is 0 Å². The van der Waals surface area contributed by atoms with E-state index < -0.39 is 0 Å². The maximum Gasteiger partial charge on any atom is 0.196 e. The highest BCUT2D eigenvalue weighted by atomic mass is 16.5. The summed E-state index contributed by atoms with van der Waals surface area (Å²) in [6, 6.07) is 5.85. The van der Waals surface area contributed by atoms with Crippen LogP contribution in [0.2, 0.25) is 0 Å². The molecule has 1 fully saturated rings. The van der Waals surface area contributed by atoms with E-state index in [9.17, 15) is 5.21 Å². The molecule has 1 heterocycles. The lowest BCUT2D eigenvalue weighted by atomic mass is 9.86. The maximum absolute atomic E-state index is 11.8. The smallest absolute Gasteiger partial charge is 0.196 e. The molecule has 2 nitrogen and oxygen atoms in total. The summed E-state index contributed by atoms with van der Waals surface area (Å²) in [5.74, 6) is 0.501. The van der Waals surface area contributed by atoms with E-state index in [-0.39, 0.29) is 0 Å². The fourth-order valence-corrected chi connectivity index (χ4v) is 2.33. The average molecular weight is 191 g/mol. The minimum atomic E-state index is 0.501. The molecule has 0 aliphatic heterocycles. The van der Waals surface area contributed by atoms with Gasteiger partial charge in [0.15, 0.2) is 11.4 Å². The summed E-state index contributed by atoms with van der Waals surface area (Å²) in [4.78, 5) is 0. The van der Waals surface area contributed by atoms with Gasteiger partial charge >= 0.3 is 0 Å². The number of pyridine rings is 1. The van der Waals surface area contributed by atoms with E-state index in [1.54, 1.807) is 0 Å².